The molecule has 0 radical (unpaired) electrons. The molecule has 3 heterocycles. The van der Waals surface area contributed by atoms with Crippen LogP contribution < -0.4 is 0 Å². The number of carbonyl (C=O) groups is 1. The summed E-state index contributed by atoms with van der Waals surface area (Å²) in [6.07, 6.45) is 13.3. The van der Waals surface area contributed by atoms with Crippen molar-refractivity contribution in [1.29, 1.82) is 0 Å². The second-order valence-electron chi connectivity index (χ2n) is 14.1. The van der Waals surface area contributed by atoms with Crippen molar-refractivity contribution in [2.45, 2.75) is 171 Å². The van der Waals surface area contributed by atoms with Crippen molar-refractivity contribution in [3.8, 4) is 0 Å². The van der Waals surface area contributed by atoms with Crippen molar-refractivity contribution in [2.24, 2.45) is 11.8 Å². The lowest BCUT2D eigenvalue weighted by molar-refractivity contribution is -0.350. The van der Waals surface area contributed by atoms with Crippen LogP contribution in [-0.4, -0.2) is 86.1 Å². The lowest BCUT2D eigenvalue weighted by atomic mass is 9.78. The van der Waals surface area contributed by atoms with Crippen LogP contribution in [0.25, 0.3) is 0 Å². The van der Waals surface area contributed by atoms with Gasteiger partial charge in [-0.25, -0.2) is 0 Å². The maximum absolute atomic E-state index is 13.0. The summed E-state index contributed by atoms with van der Waals surface area (Å²) < 4.78 is 18.4. The molecule has 0 aromatic carbocycles. The molecule has 268 valence electrons. The first kappa shape index (κ1) is 39.6. The zero-order valence-electron chi connectivity index (χ0n) is 28.8. The third-order valence-electron chi connectivity index (χ3n) is 10.2. The maximum atomic E-state index is 13.0. The van der Waals surface area contributed by atoms with Crippen molar-refractivity contribution < 1.29 is 44.5 Å². The minimum Gasteiger partial charge on any atom is -0.459 e. The lowest BCUT2D eigenvalue weighted by Gasteiger charge is -2.51. The molecular weight excluding hydrogens is 600 g/mol. The molecular formula is C38H62O9. The summed E-state index contributed by atoms with van der Waals surface area (Å²) in [5, 5.41) is 56.3. The normalized spacial score (nSPS) is 38.9. The van der Waals surface area contributed by atoms with Crippen LogP contribution in [0.1, 0.15) is 117 Å². The van der Waals surface area contributed by atoms with Crippen LogP contribution in [0.15, 0.2) is 49.1 Å². The Kier molecular flexibility index (Phi) is 16.8. The van der Waals surface area contributed by atoms with Gasteiger partial charge in [-0.05, 0) is 51.4 Å². The van der Waals surface area contributed by atoms with Crippen LogP contribution in [0.4, 0.5) is 0 Å². The number of esters is 1. The van der Waals surface area contributed by atoms with Crippen LogP contribution in [0.3, 0.4) is 0 Å². The summed E-state index contributed by atoms with van der Waals surface area (Å²) in [7, 11) is 0. The minimum absolute atomic E-state index is 0.124. The van der Waals surface area contributed by atoms with Crippen LogP contribution in [0.2, 0.25) is 0 Å². The third-order valence-corrected chi connectivity index (χ3v) is 10.2. The van der Waals surface area contributed by atoms with E-state index in [1.807, 2.05) is 6.92 Å². The van der Waals surface area contributed by atoms with Crippen molar-refractivity contribution in [3.05, 3.63) is 49.1 Å². The van der Waals surface area contributed by atoms with Gasteiger partial charge in [0.25, 0.3) is 0 Å². The van der Waals surface area contributed by atoms with Gasteiger partial charge < -0.3 is 39.7 Å². The first-order valence-corrected chi connectivity index (χ1v) is 18.0. The molecule has 4 bridgehead atoms. The molecule has 0 aromatic heterocycles. The van der Waals surface area contributed by atoms with E-state index < -0.39 is 66.5 Å². The van der Waals surface area contributed by atoms with E-state index in [1.54, 1.807) is 25.2 Å². The molecule has 5 N–H and O–H groups in total. The monoisotopic (exact) mass is 662 g/mol. The molecule has 0 saturated carbocycles. The number of hydrogen-bond donors (Lipinski definition) is 5. The van der Waals surface area contributed by atoms with Crippen LogP contribution in [0.5, 0.6) is 0 Å². The second kappa shape index (κ2) is 20.0. The number of allylic oxidation sites excluding steroid dienone is 4. The zero-order chi connectivity index (χ0) is 34.4. The number of carbonyl (C=O) groups excluding carboxylic acids is 1. The van der Waals surface area contributed by atoms with E-state index in [2.05, 4.69) is 25.3 Å². The van der Waals surface area contributed by atoms with Gasteiger partial charge in [0.2, 0.25) is 0 Å². The first-order valence-electron chi connectivity index (χ1n) is 18.0. The highest BCUT2D eigenvalue weighted by Gasteiger charge is 2.56. The largest absolute Gasteiger partial charge is 0.459 e. The summed E-state index contributed by atoms with van der Waals surface area (Å²) in [6, 6.07) is 0. The third kappa shape index (κ3) is 12.2. The Labute approximate surface area is 282 Å². The highest BCUT2D eigenvalue weighted by molar-refractivity contribution is 5.69. The zero-order valence-corrected chi connectivity index (χ0v) is 28.8. The van der Waals surface area contributed by atoms with Gasteiger partial charge in [0, 0.05) is 24.7 Å². The minimum atomic E-state index is -2.12. The van der Waals surface area contributed by atoms with E-state index in [-0.39, 0.29) is 31.6 Å². The molecule has 11 atom stereocenters. The number of rotatable bonds is 6. The molecule has 9 nitrogen and oxygen atoms in total. The van der Waals surface area contributed by atoms with Gasteiger partial charge in [-0.3, -0.25) is 4.79 Å². The fourth-order valence-corrected chi connectivity index (χ4v) is 7.16. The van der Waals surface area contributed by atoms with E-state index in [9.17, 15) is 30.3 Å². The molecule has 0 unspecified atom stereocenters. The van der Waals surface area contributed by atoms with E-state index in [4.69, 9.17) is 14.2 Å². The number of hydrogen-bond acceptors (Lipinski definition) is 9. The van der Waals surface area contributed by atoms with Gasteiger partial charge in [0.1, 0.15) is 18.3 Å². The highest BCUT2D eigenvalue weighted by Crippen LogP contribution is 2.41. The van der Waals surface area contributed by atoms with E-state index >= 15 is 0 Å². The molecule has 0 aromatic rings. The van der Waals surface area contributed by atoms with Gasteiger partial charge in [-0.1, -0.05) is 101 Å². The van der Waals surface area contributed by atoms with Gasteiger partial charge in [-0.15, -0.1) is 0 Å². The Morgan fingerprint density at radius 1 is 0.979 bits per heavy atom. The number of aliphatic hydroxyl groups excluding tert-OH is 4. The van der Waals surface area contributed by atoms with Crippen molar-refractivity contribution in [2.75, 3.05) is 0 Å². The molecule has 3 rings (SSSR count). The van der Waals surface area contributed by atoms with Crippen molar-refractivity contribution >= 4 is 5.97 Å². The summed E-state index contributed by atoms with van der Waals surface area (Å²) in [5.41, 5.74) is 0.591. The van der Waals surface area contributed by atoms with E-state index in [1.165, 1.54) is 25.7 Å². The average molecular weight is 663 g/mol. The van der Waals surface area contributed by atoms with Gasteiger partial charge in [0.15, 0.2) is 5.79 Å². The fraction of sp³-hybridized carbons (Fsp3) is 0.763. The van der Waals surface area contributed by atoms with Crippen LogP contribution in [0, 0.1) is 11.8 Å². The molecule has 3 aliphatic heterocycles. The topological polar surface area (TPSA) is 146 Å². The van der Waals surface area contributed by atoms with Gasteiger partial charge in [0.05, 0.1) is 30.5 Å². The summed E-state index contributed by atoms with van der Waals surface area (Å²) in [5.74, 6) is -3.52. The smallest absolute Gasteiger partial charge is 0.306 e. The number of fused-ring (bicyclic) bond motifs is 4. The molecule has 0 spiro atoms. The standard InChI is InChI=1S/C38H62O9/c1-5-6-20-29(39)23-26(2)24-32-34(42)35-28(4)36(45-32)37(43)38(44)25-30(40)27(3)31(47-38)21-18-16-14-12-10-8-7-9-11-13-15-17-19-22-33(41)46-35/h5-6,12,14,20,27-32,34-37,39-40,42-44H,1-2,7-11,13,15-19,21-25H2,3-4H3/b14-12-,20-6+/t27-,28-,29-,30+,31-,32-,34-,35-,36-,37+,38-/m1/s1. The predicted molar refractivity (Wildman–Crippen MR) is 182 cm³/mol. The Bertz CT molecular complexity index is 1030. The van der Waals surface area contributed by atoms with Crippen LogP contribution in [-0.2, 0) is 19.0 Å². The molecule has 2 fully saturated rings. The number of ether oxygens (including phenoxy) is 3. The number of aliphatic hydroxyl groups is 5. The summed E-state index contributed by atoms with van der Waals surface area (Å²) in [4.78, 5) is 13.0. The maximum Gasteiger partial charge on any atom is 0.306 e. The molecule has 47 heavy (non-hydrogen) atoms. The summed E-state index contributed by atoms with van der Waals surface area (Å²) >= 11 is 0. The predicted octanol–water partition coefficient (Wildman–Crippen LogP) is 5.58. The molecule has 0 amide bonds. The highest BCUT2D eigenvalue weighted by atomic mass is 16.7. The van der Waals surface area contributed by atoms with Gasteiger partial charge in [-0.2, -0.15) is 0 Å². The fourth-order valence-electron chi connectivity index (χ4n) is 7.16. The lowest BCUT2D eigenvalue weighted by Crippen LogP contribution is -2.65. The molecule has 9 heteroatoms. The Morgan fingerprint density at radius 2 is 1.62 bits per heavy atom. The van der Waals surface area contributed by atoms with E-state index in [0.717, 1.165) is 38.5 Å². The first-order chi connectivity index (χ1) is 22.5. The SMILES string of the molecule is C=C/C=C/[C@@H](O)CC(=C)C[C@H]1O[C@@H]2[C@H](C)[C@@H](OC(=O)CCCCCCCCCC/C=C\CCC[C@H]3O[C@](O)(C[C@H](O)[C@H]3C)[C@H]2O)[C@@H]1O. The quantitative estimate of drug-likeness (QED) is 0.140. The van der Waals surface area contributed by atoms with E-state index in [0.29, 0.717) is 18.4 Å². The molecule has 3 aliphatic rings. The van der Waals surface area contributed by atoms with Crippen LogP contribution >= 0.6 is 0 Å². The Hall–Kier alpha value is -1.85. The second-order valence-corrected chi connectivity index (χ2v) is 14.1. The Balaban J connectivity index is 1.83. The Morgan fingerprint density at radius 3 is 2.30 bits per heavy atom. The molecule has 2 saturated heterocycles. The van der Waals surface area contributed by atoms with Gasteiger partial charge >= 0.3 is 5.97 Å². The van der Waals surface area contributed by atoms with Crippen molar-refractivity contribution in [3.63, 3.8) is 0 Å². The van der Waals surface area contributed by atoms with Crippen molar-refractivity contribution in [1.82, 2.24) is 0 Å². The average Bonchev–Trinajstić information content (AvgIpc) is 3.02. The summed E-state index contributed by atoms with van der Waals surface area (Å²) in [6.45, 7) is 11.3. The molecule has 0 aliphatic carbocycles.